The molecule has 0 saturated heterocycles. The molecule has 0 saturated carbocycles. The van der Waals surface area contributed by atoms with Gasteiger partial charge in [-0.05, 0) is 109 Å². The molecular formula is C30H22. The molecule has 30 heavy (non-hydrogen) atoms. The van der Waals surface area contributed by atoms with Crippen LogP contribution < -0.4 is 0 Å². The minimum Gasteiger partial charge on any atom is -0.106 e. The maximum absolute atomic E-state index is 5.04. The van der Waals surface area contributed by atoms with Crippen LogP contribution in [0, 0.1) is 143 Å². The standard InChI is InChI=1S/C30H22/c1-7-10-13-16-19-21-24-27(4)29(6)30(26-23-18-15-12-9-3)28(5)25-22-20-17-14-11-8-2/h1,27-30H,25H2,2-6H3. The van der Waals surface area contributed by atoms with E-state index in [9.17, 15) is 0 Å². The van der Waals surface area contributed by atoms with Crippen LogP contribution in [0.5, 0.6) is 0 Å². The molecule has 0 fully saturated rings. The highest BCUT2D eigenvalue weighted by Gasteiger charge is 2.25. The van der Waals surface area contributed by atoms with Crippen LogP contribution in [0.2, 0.25) is 0 Å². The fourth-order valence-corrected chi connectivity index (χ4v) is 2.27. The van der Waals surface area contributed by atoms with Crippen LogP contribution in [0.25, 0.3) is 0 Å². The summed E-state index contributed by atoms with van der Waals surface area (Å²) in [6, 6.07) is 0. The maximum Gasteiger partial charge on any atom is 0.0285 e. The molecule has 0 aliphatic carbocycles. The van der Waals surface area contributed by atoms with Crippen LogP contribution >= 0.6 is 0 Å². The lowest BCUT2D eigenvalue weighted by Crippen LogP contribution is -2.23. The number of hydrogen-bond donors (Lipinski definition) is 0. The predicted octanol–water partition coefficient (Wildman–Crippen LogP) is 3.60. The van der Waals surface area contributed by atoms with E-state index in [0.29, 0.717) is 6.42 Å². The molecule has 142 valence electrons. The van der Waals surface area contributed by atoms with Crippen LogP contribution in [0.4, 0.5) is 0 Å². The lowest BCUT2D eigenvalue weighted by Gasteiger charge is -2.26. The predicted molar refractivity (Wildman–Crippen MR) is 126 cm³/mol. The van der Waals surface area contributed by atoms with Gasteiger partial charge in [-0.25, -0.2) is 0 Å². The van der Waals surface area contributed by atoms with Gasteiger partial charge in [0, 0.05) is 18.3 Å². The zero-order valence-electron chi connectivity index (χ0n) is 18.1. The van der Waals surface area contributed by atoms with Crippen LogP contribution in [-0.2, 0) is 0 Å². The van der Waals surface area contributed by atoms with Gasteiger partial charge in [-0.1, -0.05) is 50.4 Å². The molecule has 0 aromatic heterocycles. The Kier molecular flexibility index (Phi) is 15.3. The van der Waals surface area contributed by atoms with Crippen molar-refractivity contribution in [1.29, 1.82) is 0 Å². The summed E-state index contributed by atoms with van der Waals surface area (Å²) in [6.45, 7) is 9.79. The third-order valence-electron chi connectivity index (χ3n) is 3.97. The van der Waals surface area contributed by atoms with Gasteiger partial charge in [0.05, 0.1) is 0 Å². The smallest absolute Gasteiger partial charge is 0.0285 e. The number of hydrogen-bond acceptors (Lipinski definition) is 0. The Labute approximate surface area is 183 Å². The number of terminal acetylenes is 1. The van der Waals surface area contributed by atoms with Crippen molar-refractivity contribution in [1.82, 2.24) is 0 Å². The van der Waals surface area contributed by atoms with Gasteiger partial charge in [-0.3, -0.25) is 0 Å². The van der Waals surface area contributed by atoms with Gasteiger partial charge < -0.3 is 0 Å². The fourth-order valence-electron chi connectivity index (χ4n) is 2.27. The minimum atomic E-state index is 0.0602. The van der Waals surface area contributed by atoms with Crippen molar-refractivity contribution in [2.24, 2.45) is 23.7 Å². The second kappa shape index (κ2) is 18.0. The first kappa shape index (κ1) is 25.6. The Bertz CT molecular complexity index is 1190. The summed E-state index contributed by atoms with van der Waals surface area (Å²) in [5.41, 5.74) is 0. The van der Waals surface area contributed by atoms with E-state index in [2.05, 4.69) is 133 Å². The van der Waals surface area contributed by atoms with E-state index in [4.69, 9.17) is 6.42 Å². The van der Waals surface area contributed by atoms with E-state index in [0.717, 1.165) is 0 Å². The Morgan fingerprint density at radius 2 is 1.10 bits per heavy atom. The first-order chi connectivity index (χ1) is 14.6. The quantitative estimate of drug-likeness (QED) is 0.652. The van der Waals surface area contributed by atoms with E-state index < -0.39 is 0 Å². The highest BCUT2D eigenvalue weighted by atomic mass is 14.3. The second-order valence-corrected chi connectivity index (χ2v) is 6.09. The third kappa shape index (κ3) is 12.9. The monoisotopic (exact) mass is 382 g/mol. The third-order valence-corrected chi connectivity index (χ3v) is 3.97. The molecule has 0 aromatic rings. The van der Waals surface area contributed by atoms with E-state index in [1.165, 1.54) is 0 Å². The molecule has 0 radical (unpaired) electrons. The van der Waals surface area contributed by atoms with Crippen molar-refractivity contribution >= 4 is 0 Å². The van der Waals surface area contributed by atoms with Crippen LogP contribution in [0.15, 0.2) is 0 Å². The molecule has 4 unspecified atom stereocenters. The summed E-state index contributed by atoms with van der Waals surface area (Å²) in [5.74, 6) is 52.8. The van der Waals surface area contributed by atoms with Crippen LogP contribution in [0.1, 0.15) is 41.0 Å². The molecule has 4 atom stereocenters. The lowest BCUT2D eigenvalue weighted by molar-refractivity contribution is 0.287. The molecule has 0 heteroatoms. The first-order valence-electron chi connectivity index (χ1n) is 9.36. The normalized spacial score (nSPS) is 10.7. The summed E-state index contributed by atoms with van der Waals surface area (Å²) >= 11 is 0. The van der Waals surface area contributed by atoms with E-state index >= 15 is 0 Å². The summed E-state index contributed by atoms with van der Waals surface area (Å²) in [6.07, 6.45) is 5.71. The van der Waals surface area contributed by atoms with Crippen molar-refractivity contribution in [3.05, 3.63) is 0 Å². The molecular weight excluding hydrogens is 360 g/mol. The van der Waals surface area contributed by atoms with E-state index in [1.807, 2.05) is 0 Å². The molecule has 0 aliphatic heterocycles. The molecule has 0 spiro atoms. The average Bonchev–Trinajstić information content (AvgIpc) is 2.74. The molecule has 0 aromatic carbocycles. The average molecular weight is 383 g/mol. The minimum absolute atomic E-state index is 0.0602. The first-order valence-corrected chi connectivity index (χ1v) is 9.36. The Balaban J connectivity index is 5.52. The molecule has 0 aliphatic rings. The summed E-state index contributed by atoms with van der Waals surface area (Å²) in [5, 5.41) is 0. The SMILES string of the molecule is C#CC#CC#CC#CC(C)C(C)C(C#CC#CC#CC)C(C)CC#CC#CC#CC. The highest BCUT2D eigenvalue weighted by Crippen LogP contribution is 2.28. The van der Waals surface area contributed by atoms with Gasteiger partial charge in [-0.2, -0.15) is 0 Å². The maximum atomic E-state index is 5.04. The van der Waals surface area contributed by atoms with Crippen molar-refractivity contribution in [2.75, 3.05) is 0 Å². The summed E-state index contributed by atoms with van der Waals surface area (Å²) in [7, 11) is 0. The van der Waals surface area contributed by atoms with Gasteiger partial charge >= 0.3 is 0 Å². The molecule has 0 amide bonds. The van der Waals surface area contributed by atoms with Crippen molar-refractivity contribution in [3.63, 3.8) is 0 Å². The molecule has 0 heterocycles. The van der Waals surface area contributed by atoms with Crippen LogP contribution in [0.3, 0.4) is 0 Å². The van der Waals surface area contributed by atoms with Crippen LogP contribution in [-0.4, -0.2) is 0 Å². The molecule has 0 nitrogen and oxygen atoms in total. The molecule has 0 bridgehead atoms. The number of rotatable bonds is 4. The topological polar surface area (TPSA) is 0 Å². The summed E-state index contributed by atoms with van der Waals surface area (Å²) in [4.78, 5) is 0. The Morgan fingerprint density at radius 1 is 0.600 bits per heavy atom. The zero-order chi connectivity index (χ0) is 22.5. The van der Waals surface area contributed by atoms with Gasteiger partial charge in [0.2, 0.25) is 0 Å². The summed E-state index contributed by atoms with van der Waals surface area (Å²) < 4.78 is 0. The Morgan fingerprint density at radius 3 is 1.70 bits per heavy atom. The van der Waals surface area contributed by atoms with Crippen molar-refractivity contribution < 1.29 is 0 Å². The van der Waals surface area contributed by atoms with Gasteiger partial charge in [0.15, 0.2) is 0 Å². The van der Waals surface area contributed by atoms with Crippen molar-refractivity contribution in [2.45, 2.75) is 41.0 Å². The highest BCUT2D eigenvalue weighted by molar-refractivity contribution is 5.40. The molecule has 0 rings (SSSR count). The second-order valence-electron chi connectivity index (χ2n) is 6.09. The van der Waals surface area contributed by atoms with Gasteiger partial charge in [0.25, 0.3) is 0 Å². The van der Waals surface area contributed by atoms with E-state index in [-0.39, 0.29) is 23.7 Å². The lowest BCUT2D eigenvalue weighted by atomic mass is 9.76. The largest absolute Gasteiger partial charge is 0.106 e. The zero-order valence-corrected chi connectivity index (χ0v) is 18.1. The van der Waals surface area contributed by atoms with Crippen molar-refractivity contribution in [3.8, 4) is 119 Å². The van der Waals surface area contributed by atoms with E-state index in [1.54, 1.807) is 13.8 Å². The van der Waals surface area contributed by atoms with Gasteiger partial charge in [0.1, 0.15) is 0 Å². The van der Waals surface area contributed by atoms with Gasteiger partial charge in [-0.15, -0.1) is 6.42 Å². The molecule has 0 N–H and O–H groups in total. The Hall–Kier alpha value is -4.40. The fraction of sp³-hybridized carbons (Fsp3) is 0.333.